The van der Waals surface area contributed by atoms with E-state index < -0.39 is 0 Å². The standard InChI is InChI=1S/C11H14Cl2N2OS/c1-6(17-2)5-15-11(16)7-3-8(12)10(14)9(13)4-7/h3-4,6H,5,14H2,1-2H3,(H,15,16). The zero-order valence-electron chi connectivity index (χ0n) is 9.59. The van der Waals surface area contributed by atoms with Crippen molar-refractivity contribution in [1.82, 2.24) is 5.32 Å². The number of carbonyl (C=O) groups is 1. The molecule has 0 bridgehead atoms. The van der Waals surface area contributed by atoms with Crippen LogP contribution in [-0.4, -0.2) is 24.0 Å². The van der Waals surface area contributed by atoms with Crippen molar-refractivity contribution < 1.29 is 4.79 Å². The molecule has 3 nitrogen and oxygen atoms in total. The number of hydrogen-bond acceptors (Lipinski definition) is 3. The van der Waals surface area contributed by atoms with Gasteiger partial charge >= 0.3 is 0 Å². The molecule has 0 aliphatic carbocycles. The Morgan fingerprint density at radius 2 is 2.00 bits per heavy atom. The summed E-state index contributed by atoms with van der Waals surface area (Å²) in [6.45, 7) is 2.63. The molecule has 1 rings (SSSR count). The minimum absolute atomic E-state index is 0.199. The average Bonchev–Trinajstić information content (AvgIpc) is 2.31. The Kier molecular flexibility index (Phi) is 5.43. The van der Waals surface area contributed by atoms with Crippen LogP contribution in [0.5, 0.6) is 0 Å². The van der Waals surface area contributed by atoms with Gasteiger partial charge in [0.1, 0.15) is 0 Å². The number of thioether (sulfide) groups is 1. The molecule has 94 valence electrons. The summed E-state index contributed by atoms with van der Waals surface area (Å²) in [5, 5.41) is 3.75. The van der Waals surface area contributed by atoms with Crippen LogP contribution in [-0.2, 0) is 0 Å². The van der Waals surface area contributed by atoms with Gasteiger partial charge in [0, 0.05) is 17.4 Å². The number of nitrogens with one attached hydrogen (secondary N) is 1. The average molecular weight is 293 g/mol. The van der Waals surface area contributed by atoms with Crippen molar-refractivity contribution in [3.05, 3.63) is 27.7 Å². The van der Waals surface area contributed by atoms with Crippen molar-refractivity contribution >= 4 is 46.6 Å². The maximum Gasteiger partial charge on any atom is 0.251 e. The van der Waals surface area contributed by atoms with Crippen LogP contribution in [0.4, 0.5) is 5.69 Å². The number of nitrogen functional groups attached to an aromatic ring is 1. The topological polar surface area (TPSA) is 55.1 Å². The number of nitrogens with two attached hydrogens (primary N) is 1. The van der Waals surface area contributed by atoms with Gasteiger partial charge in [-0.15, -0.1) is 0 Å². The summed E-state index contributed by atoms with van der Waals surface area (Å²) in [6.07, 6.45) is 1.99. The number of hydrogen-bond donors (Lipinski definition) is 2. The van der Waals surface area contributed by atoms with Crippen molar-refractivity contribution in [3.8, 4) is 0 Å². The van der Waals surface area contributed by atoms with Gasteiger partial charge in [-0.2, -0.15) is 11.8 Å². The molecule has 0 aliphatic heterocycles. The summed E-state index contributed by atoms with van der Waals surface area (Å²) in [5.41, 5.74) is 6.31. The molecule has 1 aromatic rings. The monoisotopic (exact) mass is 292 g/mol. The van der Waals surface area contributed by atoms with Crippen molar-refractivity contribution in [2.24, 2.45) is 0 Å². The first-order valence-corrected chi connectivity index (χ1v) is 7.05. The fourth-order valence-corrected chi connectivity index (χ4v) is 1.87. The lowest BCUT2D eigenvalue weighted by atomic mass is 10.2. The van der Waals surface area contributed by atoms with E-state index in [0.717, 1.165) is 0 Å². The maximum absolute atomic E-state index is 11.8. The lowest BCUT2D eigenvalue weighted by Gasteiger charge is -2.11. The summed E-state index contributed by atoms with van der Waals surface area (Å²) in [4.78, 5) is 11.8. The molecule has 1 atom stereocenters. The van der Waals surface area contributed by atoms with Crippen LogP contribution in [0.1, 0.15) is 17.3 Å². The number of amides is 1. The predicted molar refractivity (Wildman–Crippen MR) is 76.2 cm³/mol. The smallest absolute Gasteiger partial charge is 0.251 e. The molecule has 0 spiro atoms. The summed E-state index contributed by atoms with van der Waals surface area (Å²) < 4.78 is 0. The fourth-order valence-electron chi connectivity index (χ4n) is 1.14. The SMILES string of the molecule is CSC(C)CNC(=O)c1cc(Cl)c(N)c(Cl)c1. The highest BCUT2D eigenvalue weighted by molar-refractivity contribution is 7.99. The largest absolute Gasteiger partial charge is 0.396 e. The molecule has 0 fully saturated rings. The third kappa shape index (κ3) is 3.98. The number of anilines is 1. The Bertz CT molecular complexity index is 403. The molecule has 0 saturated heterocycles. The van der Waals surface area contributed by atoms with Crippen LogP contribution >= 0.6 is 35.0 Å². The van der Waals surface area contributed by atoms with Crippen molar-refractivity contribution in [2.75, 3.05) is 18.5 Å². The van der Waals surface area contributed by atoms with Crippen molar-refractivity contribution in [1.29, 1.82) is 0 Å². The van der Waals surface area contributed by atoms with Crippen LogP contribution in [0.15, 0.2) is 12.1 Å². The first kappa shape index (κ1) is 14.5. The Morgan fingerprint density at radius 1 is 1.47 bits per heavy atom. The second-order valence-corrected chi connectivity index (χ2v) is 5.70. The normalized spacial score (nSPS) is 12.2. The van der Waals surface area contributed by atoms with E-state index in [2.05, 4.69) is 5.32 Å². The highest BCUT2D eigenvalue weighted by atomic mass is 35.5. The quantitative estimate of drug-likeness (QED) is 0.839. The highest BCUT2D eigenvalue weighted by Crippen LogP contribution is 2.28. The molecule has 1 amide bonds. The fraction of sp³-hybridized carbons (Fsp3) is 0.364. The van der Waals surface area contributed by atoms with Gasteiger partial charge in [0.25, 0.3) is 5.91 Å². The van der Waals surface area contributed by atoms with Gasteiger partial charge in [0.15, 0.2) is 0 Å². The molecule has 0 aliphatic rings. The van der Waals surface area contributed by atoms with Gasteiger partial charge in [-0.25, -0.2) is 0 Å². The first-order valence-electron chi connectivity index (χ1n) is 5.01. The van der Waals surface area contributed by atoms with Gasteiger partial charge in [0.05, 0.1) is 15.7 Å². The van der Waals surface area contributed by atoms with Crippen LogP contribution in [0.25, 0.3) is 0 Å². The molecule has 17 heavy (non-hydrogen) atoms. The minimum Gasteiger partial charge on any atom is -0.396 e. The zero-order valence-corrected chi connectivity index (χ0v) is 11.9. The minimum atomic E-state index is -0.199. The summed E-state index contributed by atoms with van der Waals surface area (Å²) in [5.74, 6) is -0.199. The van der Waals surface area contributed by atoms with Crippen molar-refractivity contribution in [2.45, 2.75) is 12.2 Å². The molecule has 0 radical (unpaired) electrons. The van der Waals surface area contributed by atoms with Gasteiger partial charge < -0.3 is 11.1 Å². The third-order valence-corrected chi connectivity index (χ3v) is 3.89. The van der Waals surface area contributed by atoms with E-state index in [9.17, 15) is 4.79 Å². The number of carbonyl (C=O) groups excluding carboxylic acids is 1. The second kappa shape index (κ2) is 6.38. The molecule has 0 heterocycles. The molecule has 6 heteroatoms. The van der Waals surface area contributed by atoms with Gasteiger partial charge in [0.2, 0.25) is 0 Å². The van der Waals surface area contributed by atoms with Crippen LogP contribution in [0.3, 0.4) is 0 Å². The highest BCUT2D eigenvalue weighted by Gasteiger charge is 2.11. The van der Waals surface area contributed by atoms with Crippen LogP contribution in [0.2, 0.25) is 10.0 Å². The number of halogens is 2. The molecule has 1 aromatic carbocycles. The molecule has 0 aromatic heterocycles. The van der Waals surface area contributed by atoms with E-state index in [1.165, 1.54) is 12.1 Å². The molecular formula is C11H14Cl2N2OS. The predicted octanol–water partition coefficient (Wildman–Crippen LogP) is 3.06. The van der Waals surface area contributed by atoms with E-state index >= 15 is 0 Å². The molecule has 3 N–H and O–H groups in total. The zero-order chi connectivity index (χ0) is 13.0. The summed E-state index contributed by atoms with van der Waals surface area (Å²) in [6, 6.07) is 3.03. The van der Waals surface area contributed by atoms with Crippen LogP contribution in [0, 0.1) is 0 Å². The maximum atomic E-state index is 11.8. The molecular weight excluding hydrogens is 279 g/mol. The summed E-state index contributed by atoms with van der Waals surface area (Å²) >= 11 is 13.4. The Labute approximate surface area is 115 Å². The second-order valence-electron chi connectivity index (χ2n) is 3.61. The van der Waals surface area contributed by atoms with E-state index in [1.54, 1.807) is 11.8 Å². The van der Waals surface area contributed by atoms with E-state index in [1.807, 2.05) is 13.2 Å². The first-order chi connectivity index (χ1) is 7.95. The van der Waals surface area contributed by atoms with Gasteiger partial charge in [-0.3, -0.25) is 4.79 Å². The molecule has 0 saturated carbocycles. The third-order valence-electron chi connectivity index (χ3n) is 2.29. The Balaban J connectivity index is 2.76. The Morgan fingerprint density at radius 3 is 2.47 bits per heavy atom. The van der Waals surface area contributed by atoms with E-state index in [0.29, 0.717) is 33.1 Å². The lowest BCUT2D eigenvalue weighted by Crippen LogP contribution is -2.29. The Hall–Kier alpha value is -0.580. The van der Waals surface area contributed by atoms with E-state index in [4.69, 9.17) is 28.9 Å². The van der Waals surface area contributed by atoms with Gasteiger partial charge in [-0.1, -0.05) is 30.1 Å². The molecule has 1 unspecified atom stereocenters. The van der Waals surface area contributed by atoms with Gasteiger partial charge in [-0.05, 0) is 18.4 Å². The van der Waals surface area contributed by atoms with Crippen LogP contribution < -0.4 is 11.1 Å². The number of rotatable bonds is 4. The number of benzene rings is 1. The lowest BCUT2D eigenvalue weighted by molar-refractivity contribution is 0.0954. The summed E-state index contributed by atoms with van der Waals surface area (Å²) in [7, 11) is 0. The van der Waals surface area contributed by atoms with E-state index in [-0.39, 0.29) is 5.91 Å². The van der Waals surface area contributed by atoms with Crippen molar-refractivity contribution in [3.63, 3.8) is 0 Å².